The zero-order valence-electron chi connectivity index (χ0n) is 12.5. The minimum Gasteiger partial charge on any atom is -0.325 e. The maximum atomic E-state index is 12.2. The van der Waals surface area contributed by atoms with Crippen LogP contribution in [0.2, 0.25) is 0 Å². The molecule has 0 radical (unpaired) electrons. The van der Waals surface area contributed by atoms with E-state index in [-0.39, 0.29) is 6.03 Å². The number of carbonyl (C=O) groups excluding carboxylic acids is 1. The highest BCUT2D eigenvalue weighted by atomic mass is 16.2. The van der Waals surface area contributed by atoms with Crippen molar-refractivity contribution in [2.75, 3.05) is 25.5 Å². The maximum Gasteiger partial charge on any atom is 0.321 e. The van der Waals surface area contributed by atoms with E-state index < -0.39 is 0 Å². The third-order valence-corrected chi connectivity index (χ3v) is 3.99. The van der Waals surface area contributed by atoms with Gasteiger partial charge in [-0.3, -0.25) is 0 Å². The number of urea groups is 1. The number of likely N-dealkylation sites (tertiary alicyclic amines) is 1. The Morgan fingerprint density at radius 2 is 1.70 bits per heavy atom. The Hall–Kier alpha value is -1.55. The fourth-order valence-corrected chi connectivity index (χ4v) is 2.50. The zero-order chi connectivity index (χ0) is 14.4. The first-order valence-corrected chi connectivity index (χ1v) is 7.54. The van der Waals surface area contributed by atoms with E-state index in [2.05, 4.69) is 29.7 Å². The van der Waals surface area contributed by atoms with Crippen LogP contribution in [0, 0.1) is 0 Å². The predicted octanol–water partition coefficient (Wildman–Crippen LogP) is 3.37. The molecule has 1 aromatic rings. The molecule has 20 heavy (non-hydrogen) atoms. The Labute approximate surface area is 121 Å². The van der Waals surface area contributed by atoms with Crippen LogP contribution in [0.4, 0.5) is 10.5 Å². The molecule has 1 saturated heterocycles. The molecule has 1 aliphatic rings. The van der Waals surface area contributed by atoms with Gasteiger partial charge in [-0.1, -0.05) is 25.0 Å². The number of hydrogen-bond donors (Lipinski definition) is 2. The zero-order valence-corrected chi connectivity index (χ0v) is 12.5. The fourth-order valence-electron chi connectivity index (χ4n) is 2.50. The van der Waals surface area contributed by atoms with E-state index in [9.17, 15) is 4.79 Å². The van der Waals surface area contributed by atoms with Crippen LogP contribution < -0.4 is 10.6 Å². The number of amides is 2. The molecule has 1 aliphatic heterocycles. The first-order valence-electron chi connectivity index (χ1n) is 7.54. The molecule has 110 valence electrons. The first-order chi connectivity index (χ1) is 9.70. The van der Waals surface area contributed by atoms with Crippen molar-refractivity contribution in [1.82, 2.24) is 10.2 Å². The van der Waals surface area contributed by atoms with E-state index >= 15 is 0 Å². The number of carbonyl (C=O) groups is 1. The van der Waals surface area contributed by atoms with Crippen molar-refractivity contribution in [3.8, 4) is 0 Å². The molecule has 0 spiro atoms. The van der Waals surface area contributed by atoms with E-state index in [4.69, 9.17) is 0 Å². The number of anilines is 1. The van der Waals surface area contributed by atoms with Crippen LogP contribution in [0.3, 0.4) is 0 Å². The third kappa shape index (κ3) is 3.97. The molecule has 2 rings (SSSR count). The molecule has 1 unspecified atom stereocenters. The lowest BCUT2D eigenvalue weighted by Gasteiger charge is -2.21. The lowest BCUT2D eigenvalue weighted by atomic mass is 10.1. The van der Waals surface area contributed by atoms with E-state index in [0.717, 1.165) is 31.6 Å². The topological polar surface area (TPSA) is 44.4 Å². The smallest absolute Gasteiger partial charge is 0.321 e. The SMILES string of the molecule is CNC(C)c1ccc(NC(=O)N2CCCCCC2)cc1. The standard InChI is InChI=1S/C16H25N3O/c1-13(17-2)14-7-9-15(10-8-14)18-16(20)19-11-5-3-4-6-12-19/h7-10,13,17H,3-6,11-12H2,1-2H3,(H,18,20). The van der Waals surface area contributed by atoms with Crippen LogP contribution in [0.5, 0.6) is 0 Å². The molecule has 0 saturated carbocycles. The number of nitrogens with one attached hydrogen (secondary N) is 2. The second kappa shape index (κ2) is 7.29. The fraction of sp³-hybridized carbons (Fsp3) is 0.562. The van der Waals surface area contributed by atoms with Crippen LogP contribution in [0.1, 0.15) is 44.2 Å². The Morgan fingerprint density at radius 1 is 1.10 bits per heavy atom. The van der Waals surface area contributed by atoms with Gasteiger partial charge in [0.2, 0.25) is 0 Å². The molecule has 1 aromatic carbocycles. The highest BCUT2D eigenvalue weighted by Gasteiger charge is 2.15. The van der Waals surface area contributed by atoms with Gasteiger partial charge in [0.15, 0.2) is 0 Å². The average molecular weight is 275 g/mol. The highest BCUT2D eigenvalue weighted by molar-refractivity contribution is 5.89. The van der Waals surface area contributed by atoms with Gasteiger partial charge in [0, 0.05) is 24.8 Å². The van der Waals surface area contributed by atoms with Crippen LogP contribution >= 0.6 is 0 Å². The van der Waals surface area contributed by atoms with Crippen LogP contribution in [0.15, 0.2) is 24.3 Å². The lowest BCUT2D eigenvalue weighted by molar-refractivity contribution is 0.214. The summed E-state index contributed by atoms with van der Waals surface area (Å²) < 4.78 is 0. The summed E-state index contributed by atoms with van der Waals surface area (Å²) in [6, 6.07) is 8.41. The number of rotatable bonds is 3. The summed E-state index contributed by atoms with van der Waals surface area (Å²) in [4.78, 5) is 14.1. The molecule has 1 fully saturated rings. The van der Waals surface area contributed by atoms with E-state index in [0.29, 0.717) is 6.04 Å². The van der Waals surface area contributed by atoms with Crippen LogP contribution in [-0.2, 0) is 0 Å². The molecule has 1 atom stereocenters. The van der Waals surface area contributed by atoms with Gasteiger partial charge in [0.25, 0.3) is 0 Å². The first kappa shape index (κ1) is 14.9. The minimum atomic E-state index is 0.0290. The van der Waals surface area contributed by atoms with Crippen molar-refractivity contribution in [3.05, 3.63) is 29.8 Å². The van der Waals surface area contributed by atoms with E-state index in [1.807, 2.05) is 24.1 Å². The van der Waals surface area contributed by atoms with Gasteiger partial charge >= 0.3 is 6.03 Å². The molecule has 0 aliphatic carbocycles. The molecule has 1 heterocycles. The lowest BCUT2D eigenvalue weighted by Crippen LogP contribution is -2.35. The summed E-state index contributed by atoms with van der Waals surface area (Å²) in [6.45, 7) is 3.87. The largest absolute Gasteiger partial charge is 0.325 e. The molecule has 2 N–H and O–H groups in total. The molecule has 4 nitrogen and oxygen atoms in total. The Bertz CT molecular complexity index is 422. The number of hydrogen-bond acceptors (Lipinski definition) is 2. The van der Waals surface area contributed by atoms with Crippen molar-refractivity contribution < 1.29 is 4.79 Å². The second-order valence-corrected chi connectivity index (χ2v) is 5.46. The quantitative estimate of drug-likeness (QED) is 0.888. The summed E-state index contributed by atoms with van der Waals surface area (Å²) in [5, 5.41) is 6.19. The molecule has 0 aromatic heterocycles. The molecule has 2 amide bonds. The maximum absolute atomic E-state index is 12.2. The molecule has 4 heteroatoms. The normalized spacial score (nSPS) is 17.4. The van der Waals surface area contributed by atoms with Crippen LogP contribution in [-0.4, -0.2) is 31.1 Å². The number of nitrogens with zero attached hydrogens (tertiary/aromatic N) is 1. The van der Waals surface area contributed by atoms with E-state index in [1.54, 1.807) is 0 Å². The molecular weight excluding hydrogens is 250 g/mol. The van der Waals surface area contributed by atoms with Gasteiger partial charge in [0.05, 0.1) is 0 Å². The predicted molar refractivity (Wildman–Crippen MR) is 83.0 cm³/mol. The molecular formula is C16H25N3O. The van der Waals surface area contributed by atoms with Crippen LogP contribution in [0.25, 0.3) is 0 Å². The Kier molecular flexibility index (Phi) is 5.41. The van der Waals surface area contributed by atoms with Gasteiger partial charge in [-0.05, 0) is 44.5 Å². The van der Waals surface area contributed by atoms with Gasteiger partial charge in [0.1, 0.15) is 0 Å². The van der Waals surface area contributed by atoms with E-state index in [1.165, 1.54) is 18.4 Å². The molecule has 0 bridgehead atoms. The third-order valence-electron chi connectivity index (χ3n) is 3.99. The van der Waals surface area contributed by atoms with Crippen molar-refractivity contribution in [3.63, 3.8) is 0 Å². The van der Waals surface area contributed by atoms with Gasteiger partial charge < -0.3 is 15.5 Å². The Morgan fingerprint density at radius 3 is 2.25 bits per heavy atom. The van der Waals surface area contributed by atoms with Crippen molar-refractivity contribution in [2.45, 2.75) is 38.6 Å². The number of benzene rings is 1. The highest BCUT2D eigenvalue weighted by Crippen LogP contribution is 2.17. The van der Waals surface area contributed by atoms with Gasteiger partial charge in [-0.2, -0.15) is 0 Å². The van der Waals surface area contributed by atoms with Crippen molar-refractivity contribution in [2.24, 2.45) is 0 Å². The Balaban J connectivity index is 1.93. The summed E-state index contributed by atoms with van der Waals surface area (Å²) in [5.41, 5.74) is 2.09. The summed E-state index contributed by atoms with van der Waals surface area (Å²) in [6.07, 6.45) is 4.71. The average Bonchev–Trinajstić information content (AvgIpc) is 2.76. The summed E-state index contributed by atoms with van der Waals surface area (Å²) >= 11 is 0. The summed E-state index contributed by atoms with van der Waals surface area (Å²) in [7, 11) is 1.94. The van der Waals surface area contributed by atoms with Crippen molar-refractivity contribution in [1.29, 1.82) is 0 Å². The van der Waals surface area contributed by atoms with Crippen molar-refractivity contribution >= 4 is 11.7 Å². The minimum absolute atomic E-state index is 0.0290. The van der Waals surface area contributed by atoms with Gasteiger partial charge in [-0.25, -0.2) is 4.79 Å². The summed E-state index contributed by atoms with van der Waals surface area (Å²) in [5.74, 6) is 0. The second-order valence-electron chi connectivity index (χ2n) is 5.46. The van der Waals surface area contributed by atoms with Gasteiger partial charge in [-0.15, -0.1) is 0 Å². The monoisotopic (exact) mass is 275 g/mol.